The lowest BCUT2D eigenvalue weighted by Gasteiger charge is -2.03. The summed E-state index contributed by atoms with van der Waals surface area (Å²) in [5, 5.41) is 21.2. The van der Waals surface area contributed by atoms with Crippen LogP contribution in [0.5, 0.6) is 17.2 Å². The third-order valence-corrected chi connectivity index (χ3v) is 5.00. The van der Waals surface area contributed by atoms with Gasteiger partial charge in [-0.1, -0.05) is 34.8 Å². The smallest absolute Gasteiger partial charge is 0.437 e. The first kappa shape index (κ1) is 34.1. The Balaban J connectivity index is 0.000000300. The molecular weight excluding hydrogens is 646 g/mol. The van der Waals surface area contributed by atoms with Crippen LogP contribution in [0.2, 0.25) is 15.1 Å². The average Bonchev–Trinajstić information content (AvgIpc) is 2.88. The monoisotopic (exact) mass is 656 g/mol. The number of hydrogen-bond donors (Lipinski definition) is 0. The van der Waals surface area contributed by atoms with E-state index in [2.05, 4.69) is 18.9 Å². The molecule has 3 aromatic carbocycles. The molecule has 0 N–H and O–H groups in total. The number of methoxy groups -OCH3 is 1. The molecule has 0 aliphatic heterocycles. The molecule has 0 unspecified atom stereocenters. The van der Waals surface area contributed by atoms with Gasteiger partial charge in [0, 0.05) is 53.5 Å². The van der Waals surface area contributed by atoms with Crippen molar-refractivity contribution in [3.8, 4) is 17.2 Å². The van der Waals surface area contributed by atoms with Gasteiger partial charge in [-0.3, -0.25) is 20.2 Å². The lowest BCUT2D eigenvalue weighted by Crippen LogP contribution is -2.06. The number of non-ortho nitro benzene ring substituents is 2. The molecule has 0 saturated heterocycles. The van der Waals surface area contributed by atoms with E-state index in [-0.39, 0.29) is 43.7 Å². The summed E-state index contributed by atoms with van der Waals surface area (Å²) in [5.74, 6) is 0.448. The van der Waals surface area contributed by atoms with Crippen molar-refractivity contribution in [1.82, 2.24) is 0 Å². The molecule has 3 rings (SSSR count). The third-order valence-electron chi connectivity index (χ3n) is 3.83. The Morgan fingerprint density at radius 1 is 0.650 bits per heavy atom. The van der Waals surface area contributed by atoms with Gasteiger partial charge in [-0.15, -0.1) is 0 Å². The number of hydrogen-bond acceptors (Lipinski definition) is 11. The Bertz CT molecular complexity index is 1370. The van der Waals surface area contributed by atoms with Gasteiger partial charge >= 0.3 is 17.0 Å². The molecule has 13 nitrogen and oxygen atoms in total. The number of nitro groups is 2. The van der Waals surface area contributed by atoms with Gasteiger partial charge in [-0.25, -0.2) is 14.4 Å². The fourth-order valence-corrected chi connectivity index (χ4v) is 2.92. The first-order valence-electron chi connectivity index (χ1n) is 9.87. The number of benzene rings is 3. The second-order valence-electron chi connectivity index (χ2n) is 6.43. The van der Waals surface area contributed by atoms with E-state index in [0.717, 1.165) is 0 Å². The molecule has 0 heterocycles. The number of ether oxygens (including phenoxy) is 4. The summed E-state index contributed by atoms with van der Waals surface area (Å²) in [6.45, 7) is 0. The van der Waals surface area contributed by atoms with E-state index in [0.29, 0.717) is 0 Å². The van der Waals surface area contributed by atoms with Crippen molar-refractivity contribution in [3.05, 3.63) is 96.0 Å². The standard InChI is InChI=1S/C8H7NO5.C7H2Cl4O2.C7H4ClNO4/c1-13-8(10)14-7-4-2-6(3-5-7)9(11)12;8-3-1-5(10)6(2-4(3)9)13-7(11)12;8-7(10)13-6-3-1-5(2-4-6)9(11)12/h2-5H,1H3;1-2H;1-4H. The molecule has 0 spiro atoms. The Morgan fingerprint density at radius 3 is 1.43 bits per heavy atom. The second-order valence-corrected chi connectivity index (χ2v) is 8.27. The fraction of sp³-hybridized carbons (Fsp3) is 0.0455. The van der Waals surface area contributed by atoms with Gasteiger partial charge in [0.1, 0.15) is 11.5 Å². The molecule has 40 heavy (non-hydrogen) atoms. The molecule has 0 aromatic heterocycles. The lowest BCUT2D eigenvalue weighted by atomic mass is 10.3. The van der Waals surface area contributed by atoms with E-state index in [1.165, 1.54) is 67.8 Å². The SMILES string of the molecule is COC(=O)Oc1ccc([N+](=O)[O-])cc1.O=C(Cl)Oc1cc(Cl)c(Cl)cc1Cl.O=C(Cl)Oc1ccc([N+](=O)[O-])cc1. The van der Waals surface area contributed by atoms with E-state index in [1.807, 2.05) is 0 Å². The van der Waals surface area contributed by atoms with Gasteiger partial charge < -0.3 is 18.9 Å². The summed E-state index contributed by atoms with van der Waals surface area (Å²) in [6, 6.07) is 12.8. The maximum atomic E-state index is 10.6. The largest absolute Gasteiger partial charge is 0.513 e. The molecule has 0 bridgehead atoms. The summed E-state index contributed by atoms with van der Waals surface area (Å²) in [7, 11) is 1.17. The lowest BCUT2D eigenvalue weighted by molar-refractivity contribution is -0.385. The zero-order valence-corrected chi connectivity index (χ0v) is 23.3. The average molecular weight is 659 g/mol. The highest BCUT2D eigenvalue weighted by molar-refractivity contribution is 6.61. The Labute approximate surface area is 249 Å². The van der Waals surface area contributed by atoms with Crippen molar-refractivity contribution in [2.45, 2.75) is 0 Å². The Kier molecular flexibility index (Phi) is 14.5. The molecule has 212 valence electrons. The van der Waals surface area contributed by atoms with Crippen LogP contribution in [0.25, 0.3) is 0 Å². The highest BCUT2D eigenvalue weighted by Gasteiger charge is 2.10. The summed E-state index contributed by atoms with van der Waals surface area (Å²) in [4.78, 5) is 50.6. The van der Waals surface area contributed by atoms with E-state index in [1.54, 1.807) is 0 Å². The first-order chi connectivity index (χ1) is 18.7. The Hall–Kier alpha value is -3.88. The van der Waals surface area contributed by atoms with Gasteiger partial charge in [0.25, 0.3) is 11.4 Å². The minimum absolute atomic E-state index is 0.0674. The van der Waals surface area contributed by atoms with Gasteiger partial charge in [0.2, 0.25) is 0 Å². The highest BCUT2D eigenvalue weighted by Crippen LogP contribution is 2.34. The number of halogens is 5. The molecule has 0 atom stereocenters. The van der Waals surface area contributed by atoms with E-state index >= 15 is 0 Å². The van der Waals surface area contributed by atoms with Crippen LogP contribution < -0.4 is 14.2 Å². The van der Waals surface area contributed by atoms with Crippen LogP contribution >= 0.6 is 58.0 Å². The highest BCUT2D eigenvalue weighted by atomic mass is 35.5. The summed E-state index contributed by atoms with van der Waals surface area (Å²) in [6.07, 6.45) is -0.862. The number of rotatable bonds is 5. The molecule has 0 fully saturated rings. The fourth-order valence-electron chi connectivity index (χ4n) is 2.17. The number of nitro benzene ring substituents is 2. The molecule has 0 amide bonds. The van der Waals surface area contributed by atoms with E-state index in [9.17, 15) is 34.6 Å². The van der Waals surface area contributed by atoms with Gasteiger partial charge in [-0.05, 0) is 30.3 Å². The Morgan fingerprint density at radius 2 is 1.05 bits per heavy atom. The van der Waals surface area contributed by atoms with Gasteiger partial charge in [-0.2, -0.15) is 0 Å². The number of carbonyl (C=O) groups excluding carboxylic acids is 3. The van der Waals surface area contributed by atoms with Crippen molar-refractivity contribution in [1.29, 1.82) is 0 Å². The minimum Gasteiger partial charge on any atom is -0.437 e. The first-order valence-corrected chi connectivity index (χ1v) is 11.8. The van der Waals surface area contributed by atoms with Crippen molar-refractivity contribution < 1.29 is 43.2 Å². The predicted octanol–water partition coefficient (Wildman–Crippen LogP) is 8.46. The van der Waals surface area contributed by atoms with Crippen molar-refractivity contribution >= 4 is 86.4 Å². The topological polar surface area (TPSA) is 174 Å². The van der Waals surface area contributed by atoms with Crippen LogP contribution in [0.3, 0.4) is 0 Å². The summed E-state index contributed by atoms with van der Waals surface area (Å²) < 4.78 is 17.8. The number of carbonyl (C=O) groups is 3. The van der Waals surface area contributed by atoms with Crippen LogP contribution in [0.15, 0.2) is 60.7 Å². The predicted molar refractivity (Wildman–Crippen MR) is 144 cm³/mol. The van der Waals surface area contributed by atoms with Crippen molar-refractivity contribution in [2.75, 3.05) is 7.11 Å². The van der Waals surface area contributed by atoms with Crippen molar-refractivity contribution in [3.63, 3.8) is 0 Å². The van der Waals surface area contributed by atoms with Crippen LogP contribution in [-0.2, 0) is 4.74 Å². The van der Waals surface area contributed by atoms with Crippen molar-refractivity contribution in [2.24, 2.45) is 0 Å². The second kappa shape index (κ2) is 16.9. The van der Waals surface area contributed by atoms with Gasteiger partial charge in [0.05, 0.1) is 32.0 Å². The number of nitrogens with zero attached hydrogens (tertiary/aromatic N) is 2. The van der Waals surface area contributed by atoms with Crippen LogP contribution in [0.1, 0.15) is 0 Å². The van der Waals surface area contributed by atoms with E-state index < -0.39 is 26.9 Å². The maximum absolute atomic E-state index is 10.6. The zero-order chi connectivity index (χ0) is 30.4. The third kappa shape index (κ3) is 12.8. The maximum Gasteiger partial charge on any atom is 0.513 e. The molecule has 0 aliphatic rings. The van der Waals surface area contributed by atoms with Crippen LogP contribution in [0.4, 0.5) is 25.8 Å². The van der Waals surface area contributed by atoms with E-state index in [4.69, 9.17) is 58.0 Å². The molecule has 18 heteroatoms. The molecule has 3 aromatic rings. The molecule has 0 saturated carbocycles. The minimum atomic E-state index is -0.986. The normalized spacial score (nSPS) is 9.45. The van der Waals surface area contributed by atoms with Crippen LogP contribution in [-0.4, -0.2) is 34.0 Å². The van der Waals surface area contributed by atoms with Gasteiger partial charge in [0.15, 0.2) is 5.75 Å². The molecular formula is C22H13Cl5N2O11. The quantitative estimate of drug-likeness (QED) is 0.0642. The summed E-state index contributed by atoms with van der Waals surface area (Å²) in [5.41, 5.74) is -2.11. The van der Waals surface area contributed by atoms with Crippen LogP contribution in [0, 0.1) is 20.2 Å². The molecule has 0 aliphatic carbocycles. The zero-order valence-electron chi connectivity index (χ0n) is 19.5. The summed E-state index contributed by atoms with van der Waals surface area (Å²) >= 11 is 26.8. The molecule has 0 radical (unpaired) electrons.